The first-order valence-corrected chi connectivity index (χ1v) is 5.79. The van der Waals surface area contributed by atoms with E-state index in [4.69, 9.17) is 0 Å². The Hall–Kier alpha value is -2.24. The molecule has 0 fully saturated rings. The second-order valence-corrected chi connectivity index (χ2v) is 3.90. The molecule has 18 heavy (non-hydrogen) atoms. The lowest BCUT2D eigenvalue weighted by Crippen LogP contribution is -2.22. The molecule has 0 aliphatic carbocycles. The molecule has 0 saturated heterocycles. The van der Waals surface area contributed by atoms with Crippen molar-refractivity contribution in [2.75, 3.05) is 7.05 Å². The van der Waals surface area contributed by atoms with Gasteiger partial charge >= 0.3 is 0 Å². The summed E-state index contributed by atoms with van der Waals surface area (Å²) in [5.74, 6) is 0.496. The quantitative estimate of drug-likeness (QED) is 0.817. The van der Waals surface area contributed by atoms with Crippen molar-refractivity contribution in [1.82, 2.24) is 25.5 Å². The highest BCUT2D eigenvalue weighted by Crippen LogP contribution is 2.02. The number of benzene rings is 1. The Balaban J connectivity index is 1.98. The minimum absolute atomic E-state index is 0.0919. The van der Waals surface area contributed by atoms with Crippen LogP contribution < -0.4 is 5.32 Å². The highest BCUT2D eigenvalue weighted by Gasteiger charge is 2.09. The average Bonchev–Trinajstić information content (AvgIpc) is 2.84. The number of aromatic nitrogens is 4. The maximum Gasteiger partial charge on any atom is 0.227 e. The van der Waals surface area contributed by atoms with E-state index < -0.39 is 0 Å². The molecule has 0 atom stereocenters. The van der Waals surface area contributed by atoms with Gasteiger partial charge in [-0.25, -0.2) is 4.68 Å². The second kappa shape index (κ2) is 5.90. The molecule has 0 unspecified atom stereocenters. The van der Waals surface area contributed by atoms with E-state index in [1.54, 1.807) is 11.7 Å². The Morgan fingerprint density at radius 1 is 1.33 bits per heavy atom. The van der Waals surface area contributed by atoms with E-state index in [-0.39, 0.29) is 12.3 Å². The molecule has 1 amide bonds. The molecule has 2 rings (SSSR count). The van der Waals surface area contributed by atoms with Gasteiger partial charge in [0, 0.05) is 13.6 Å². The first-order valence-electron chi connectivity index (χ1n) is 5.79. The molecule has 1 aromatic heterocycles. The number of aryl methyl sites for hydroxylation is 2. The molecule has 0 aliphatic rings. The van der Waals surface area contributed by atoms with Crippen LogP contribution in [0.4, 0.5) is 0 Å². The maximum atomic E-state index is 11.3. The van der Waals surface area contributed by atoms with Gasteiger partial charge in [0.15, 0.2) is 5.82 Å². The van der Waals surface area contributed by atoms with Crippen molar-refractivity contribution < 1.29 is 4.79 Å². The van der Waals surface area contributed by atoms with Crippen molar-refractivity contribution in [2.45, 2.75) is 19.4 Å². The first-order chi connectivity index (χ1) is 8.79. The highest BCUT2D eigenvalue weighted by molar-refractivity contribution is 5.77. The number of tetrazole rings is 1. The molecule has 0 saturated carbocycles. The minimum Gasteiger partial charge on any atom is -0.359 e. The van der Waals surface area contributed by atoms with Gasteiger partial charge < -0.3 is 5.32 Å². The van der Waals surface area contributed by atoms with Crippen molar-refractivity contribution in [3.8, 4) is 0 Å². The van der Waals surface area contributed by atoms with Gasteiger partial charge in [-0.05, 0) is 22.4 Å². The lowest BCUT2D eigenvalue weighted by atomic mass is 10.1. The third-order valence-corrected chi connectivity index (χ3v) is 2.66. The van der Waals surface area contributed by atoms with E-state index in [1.807, 2.05) is 18.2 Å². The molecule has 6 heteroatoms. The highest BCUT2D eigenvalue weighted by atomic mass is 16.1. The molecule has 1 N–H and O–H groups in total. The Morgan fingerprint density at radius 3 is 2.83 bits per heavy atom. The molecular formula is C12H15N5O. The lowest BCUT2D eigenvalue weighted by Gasteiger charge is -2.04. The maximum absolute atomic E-state index is 11.3. The zero-order valence-electron chi connectivity index (χ0n) is 10.2. The predicted octanol–water partition coefficient (Wildman–Crippen LogP) is 0.204. The minimum atomic E-state index is -0.0919. The summed E-state index contributed by atoms with van der Waals surface area (Å²) in [4.78, 5) is 11.3. The number of carbonyl (C=O) groups excluding carboxylic acids is 1. The number of nitrogens with one attached hydrogen (secondary N) is 1. The van der Waals surface area contributed by atoms with Gasteiger partial charge in [0.05, 0.1) is 6.42 Å². The molecule has 1 aromatic carbocycles. The van der Waals surface area contributed by atoms with Crippen LogP contribution in [0.15, 0.2) is 30.3 Å². The number of hydrogen-bond acceptors (Lipinski definition) is 4. The van der Waals surface area contributed by atoms with Crippen LogP contribution in [0.2, 0.25) is 0 Å². The third kappa shape index (κ3) is 3.13. The van der Waals surface area contributed by atoms with Crippen LogP contribution in [0.1, 0.15) is 11.4 Å². The number of rotatable bonds is 5. The third-order valence-electron chi connectivity index (χ3n) is 2.66. The second-order valence-electron chi connectivity index (χ2n) is 3.90. The van der Waals surface area contributed by atoms with E-state index >= 15 is 0 Å². The molecular weight excluding hydrogens is 230 g/mol. The lowest BCUT2D eigenvalue weighted by molar-refractivity contribution is -0.120. The van der Waals surface area contributed by atoms with Crippen molar-refractivity contribution in [3.63, 3.8) is 0 Å². The molecule has 0 bridgehead atoms. The topological polar surface area (TPSA) is 72.7 Å². The fourth-order valence-corrected chi connectivity index (χ4v) is 1.64. The Morgan fingerprint density at radius 2 is 2.11 bits per heavy atom. The Bertz CT molecular complexity index is 508. The average molecular weight is 245 g/mol. The molecule has 0 spiro atoms. The molecule has 0 aliphatic heterocycles. The summed E-state index contributed by atoms with van der Waals surface area (Å²) in [6.45, 7) is 0.670. The zero-order valence-corrected chi connectivity index (χ0v) is 10.2. The zero-order chi connectivity index (χ0) is 12.8. The van der Waals surface area contributed by atoms with Crippen LogP contribution in [-0.4, -0.2) is 33.2 Å². The molecule has 0 radical (unpaired) electrons. The summed E-state index contributed by atoms with van der Waals surface area (Å²) < 4.78 is 1.67. The predicted molar refractivity (Wildman–Crippen MR) is 65.7 cm³/mol. The fourth-order valence-electron chi connectivity index (χ4n) is 1.64. The van der Waals surface area contributed by atoms with Gasteiger partial charge in [0.1, 0.15) is 0 Å². The molecule has 94 valence electrons. The summed E-state index contributed by atoms with van der Waals surface area (Å²) in [7, 11) is 1.60. The summed E-state index contributed by atoms with van der Waals surface area (Å²) in [5, 5.41) is 13.9. The number of hydrogen-bond donors (Lipinski definition) is 1. The van der Waals surface area contributed by atoms with Crippen LogP contribution in [0.3, 0.4) is 0 Å². The number of likely N-dealkylation sites (N-methyl/N-ethyl adjacent to an activating group) is 1. The summed E-state index contributed by atoms with van der Waals surface area (Å²) >= 11 is 0. The van der Waals surface area contributed by atoms with E-state index in [0.717, 1.165) is 6.42 Å². The normalized spacial score (nSPS) is 10.3. The molecule has 6 nitrogen and oxygen atoms in total. The van der Waals surface area contributed by atoms with Crippen molar-refractivity contribution in [1.29, 1.82) is 0 Å². The monoisotopic (exact) mass is 245 g/mol. The first kappa shape index (κ1) is 12.2. The Kier molecular flexibility index (Phi) is 4.01. The van der Waals surface area contributed by atoms with Crippen LogP contribution in [-0.2, 0) is 24.2 Å². The van der Waals surface area contributed by atoms with Crippen molar-refractivity contribution in [3.05, 3.63) is 41.7 Å². The van der Waals surface area contributed by atoms with Crippen molar-refractivity contribution in [2.24, 2.45) is 0 Å². The van der Waals surface area contributed by atoms with E-state index in [1.165, 1.54) is 5.56 Å². The van der Waals surface area contributed by atoms with Crippen LogP contribution in [0.5, 0.6) is 0 Å². The van der Waals surface area contributed by atoms with Gasteiger partial charge in [0.25, 0.3) is 0 Å². The van der Waals surface area contributed by atoms with Gasteiger partial charge in [-0.2, -0.15) is 0 Å². The van der Waals surface area contributed by atoms with Crippen LogP contribution >= 0.6 is 0 Å². The summed E-state index contributed by atoms with van der Waals surface area (Å²) in [6, 6.07) is 10.1. The largest absolute Gasteiger partial charge is 0.359 e. The van der Waals surface area contributed by atoms with Gasteiger partial charge in [-0.1, -0.05) is 30.3 Å². The van der Waals surface area contributed by atoms with Crippen LogP contribution in [0.25, 0.3) is 0 Å². The number of carbonyl (C=O) groups is 1. The summed E-state index contributed by atoms with van der Waals surface area (Å²) in [5.41, 5.74) is 1.22. The van der Waals surface area contributed by atoms with Crippen LogP contribution in [0, 0.1) is 0 Å². The van der Waals surface area contributed by atoms with Gasteiger partial charge in [-0.3, -0.25) is 4.79 Å². The molecule has 2 aromatic rings. The SMILES string of the molecule is CNC(=O)Cc1nnnn1CCc1ccccc1. The van der Waals surface area contributed by atoms with Gasteiger partial charge in [0.2, 0.25) is 5.91 Å². The molecule has 1 heterocycles. The van der Waals surface area contributed by atoms with Crippen molar-refractivity contribution >= 4 is 5.91 Å². The van der Waals surface area contributed by atoms with Gasteiger partial charge in [-0.15, -0.1) is 5.10 Å². The number of amides is 1. The number of nitrogens with zero attached hydrogens (tertiary/aromatic N) is 4. The van der Waals surface area contributed by atoms with E-state index in [0.29, 0.717) is 12.4 Å². The van der Waals surface area contributed by atoms with E-state index in [2.05, 4.69) is 33.0 Å². The van der Waals surface area contributed by atoms with E-state index in [9.17, 15) is 4.79 Å². The summed E-state index contributed by atoms with van der Waals surface area (Å²) in [6.07, 6.45) is 1.05. The standard InChI is InChI=1S/C12H15N5O/c1-13-12(18)9-11-14-15-16-17(11)8-7-10-5-3-2-4-6-10/h2-6H,7-9H2,1H3,(H,13,18). The smallest absolute Gasteiger partial charge is 0.227 e. The Labute approximate surface area is 105 Å². The fraction of sp³-hybridized carbons (Fsp3) is 0.333.